The van der Waals surface area contributed by atoms with E-state index in [9.17, 15) is 0 Å². The van der Waals surface area contributed by atoms with E-state index in [0.29, 0.717) is 5.92 Å². The van der Waals surface area contributed by atoms with E-state index in [-0.39, 0.29) is 0 Å². The summed E-state index contributed by atoms with van der Waals surface area (Å²) < 4.78 is 2.09. The van der Waals surface area contributed by atoms with E-state index in [4.69, 9.17) is 0 Å². The van der Waals surface area contributed by atoms with Crippen LogP contribution in [0, 0.1) is 5.92 Å². The highest BCUT2D eigenvalue weighted by molar-refractivity contribution is 5.96. The van der Waals surface area contributed by atoms with Gasteiger partial charge in [0, 0.05) is 6.54 Å². The fourth-order valence-electron chi connectivity index (χ4n) is 1.36. The van der Waals surface area contributed by atoms with Crippen LogP contribution in [0.5, 0.6) is 0 Å². The Kier molecular flexibility index (Phi) is 7.07. The van der Waals surface area contributed by atoms with Crippen LogP contribution in [0.2, 0.25) is 0 Å². The molecule has 14 heavy (non-hydrogen) atoms. The van der Waals surface area contributed by atoms with E-state index in [1.165, 1.54) is 5.71 Å². The SMILES string of the molecule is CCC/C(=N/NCC)[C@H](C)C=[N+](C)C. The first-order valence-electron chi connectivity index (χ1n) is 5.42. The summed E-state index contributed by atoms with van der Waals surface area (Å²) in [5.74, 6) is 0.420. The quantitative estimate of drug-likeness (QED) is 0.393. The topological polar surface area (TPSA) is 27.4 Å². The third-order valence-electron chi connectivity index (χ3n) is 1.93. The second kappa shape index (κ2) is 7.54. The van der Waals surface area contributed by atoms with Crippen LogP contribution in [0.4, 0.5) is 0 Å². The molecule has 0 radical (unpaired) electrons. The van der Waals surface area contributed by atoms with Crippen LogP contribution < -0.4 is 5.43 Å². The first-order chi connectivity index (χ1) is 6.61. The maximum absolute atomic E-state index is 4.39. The van der Waals surface area contributed by atoms with E-state index in [2.05, 4.69) is 42.1 Å². The van der Waals surface area contributed by atoms with Gasteiger partial charge in [0.1, 0.15) is 20.3 Å². The minimum atomic E-state index is 0.420. The average molecular weight is 198 g/mol. The van der Waals surface area contributed by atoms with Crippen LogP contribution in [-0.2, 0) is 0 Å². The monoisotopic (exact) mass is 198 g/mol. The summed E-state index contributed by atoms with van der Waals surface area (Å²) in [5.41, 5.74) is 4.28. The first-order valence-corrected chi connectivity index (χ1v) is 5.42. The Balaban J connectivity index is 4.39. The van der Waals surface area contributed by atoms with Gasteiger partial charge in [-0.05, 0) is 20.3 Å². The van der Waals surface area contributed by atoms with E-state index in [0.717, 1.165) is 19.4 Å². The molecule has 0 aromatic carbocycles. The van der Waals surface area contributed by atoms with E-state index >= 15 is 0 Å². The second-order valence-electron chi connectivity index (χ2n) is 3.77. The summed E-state index contributed by atoms with van der Waals surface area (Å²) in [4.78, 5) is 0. The number of hydrazone groups is 1. The van der Waals surface area contributed by atoms with Gasteiger partial charge in [0.05, 0.1) is 11.6 Å². The summed E-state index contributed by atoms with van der Waals surface area (Å²) in [6, 6.07) is 0. The summed E-state index contributed by atoms with van der Waals surface area (Å²) in [6.45, 7) is 7.32. The molecule has 3 nitrogen and oxygen atoms in total. The van der Waals surface area contributed by atoms with Gasteiger partial charge in [-0.25, -0.2) is 4.58 Å². The van der Waals surface area contributed by atoms with E-state index in [1.54, 1.807) is 0 Å². The van der Waals surface area contributed by atoms with Crippen LogP contribution in [0.3, 0.4) is 0 Å². The van der Waals surface area contributed by atoms with Crippen LogP contribution in [-0.4, -0.2) is 37.1 Å². The van der Waals surface area contributed by atoms with Gasteiger partial charge < -0.3 is 5.43 Å². The van der Waals surface area contributed by atoms with Crippen molar-refractivity contribution < 1.29 is 4.58 Å². The van der Waals surface area contributed by atoms with Crippen LogP contribution in [0.15, 0.2) is 5.10 Å². The van der Waals surface area contributed by atoms with Crippen molar-refractivity contribution in [3.63, 3.8) is 0 Å². The zero-order valence-electron chi connectivity index (χ0n) is 10.2. The van der Waals surface area contributed by atoms with Crippen LogP contribution in [0.25, 0.3) is 0 Å². The number of nitrogens with one attached hydrogen (secondary N) is 1. The molecule has 0 aromatic rings. The highest BCUT2D eigenvalue weighted by atomic mass is 15.3. The lowest BCUT2D eigenvalue weighted by Gasteiger charge is -2.08. The van der Waals surface area contributed by atoms with Gasteiger partial charge in [-0.2, -0.15) is 5.10 Å². The maximum Gasteiger partial charge on any atom is 0.147 e. The number of hydrogen-bond donors (Lipinski definition) is 1. The van der Waals surface area contributed by atoms with E-state index in [1.807, 2.05) is 14.1 Å². The van der Waals surface area contributed by atoms with Crippen molar-refractivity contribution in [2.45, 2.75) is 33.6 Å². The van der Waals surface area contributed by atoms with Gasteiger partial charge in [0.25, 0.3) is 0 Å². The Morgan fingerprint density at radius 1 is 1.43 bits per heavy atom. The van der Waals surface area contributed by atoms with Crippen molar-refractivity contribution in [1.82, 2.24) is 5.43 Å². The molecule has 0 aliphatic heterocycles. The van der Waals surface area contributed by atoms with Crippen LogP contribution in [0.1, 0.15) is 33.6 Å². The molecule has 0 rings (SSSR count). The Morgan fingerprint density at radius 3 is 2.50 bits per heavy atom. The molecular formula is C11H24N3+. The van der Waals surface area contributed by atoms with Crippen molar-refractivity contribution in [3.05, 3.63) is 0 Å². The largest absolute Gasteiger partial charge is 0.310 e. The van der Waals surface area contributed by atoms with E-state index < -0.39 is 0 Å². The molecule has 0 aromatic heterocycles. The molecule has 1 atom stereocenters. The summed E-state index contributed by atoms with van der Waals surface area (Å²) in [5, 5.41) is 4.39. The molecule has 0 aliphatic carbocycles. The van der Waals surface area contributed by atoms with Gasteiger partial charge in [-0.3, -0.25) is 0 Å². The molecule has 0 amide bonds. The average Bonchev–Trinajstić information content (AvgIpc) is 2.10. The van der Waals surface area contributed by atoms with Crippen molar-refractivity contribution in [2.75, 3.05) is 20.6 Å². The standard InChI is InChI=1S/C11H24N3/c1-6-8-11(13-12-7-2)10(3)9-14(4)5/h9-10,12H,6-8H2,1-5H3/q+1/b13-11-/t10-/m1/s1. The molecular weight excluding hydrogens is 174 g/mol. The zero-order chi connectivity index (χ0) is 11.0. The lowest BCUT2D eigenvalue weighted by Crippen LogP contribution is -2.20. The Morgan fingerprint density at radius 2 is 2.07 bits per heavy atom. The fourth-order valence-corrected chi connectivity index (χ4v) is 1.36. The van der Waals surface area contributed by atoms with Gasteiger partial charge >= 0.3 is 0 Å². The molecule has 0 heterocycles. The highest BCUT2D eigenvalue weighted by Crippen LogP contribution is 2.02. The molecule has 0 saturated carbocycles. The van der Waals surface area contributed by atoms with Crippen LogP contribution >= 0.6 is 0 Å². The summed E-state index contributed by atoms with van der Waals surface area (Å²) in [6.07, 6.45) is 4.40. The molecule has 0 bridgehead atoms. The predicted octanol–water partition coefficient (Wildman–Crippen LogP) is 1.73. The molecule has 0 unspecified atom stereocenters. The molecule has 82 valence electrons. The van der Waals surface area contributed by atoms with Gasteiger partial charge in [-0.15, -0.1) is 0 Å². The lowest BCUT2D eigenvalue weighted by molar-refractivity contribution is -0.461. The molecule has 3 heteroatoms. The third kappa shape index (κ3) is 5.73. The first kappa shape index (κ1) is 13.1. The lowest BCUT2D eigenvalue weighted by atomic mass is 10.0. The predicted molar refractivity (Wildman–Crippen MR) is 63.4 cm³/mol. The minimum absolute atomic E-state index is 0.420. The molecule has 0 fully saturated rings. The summed E-state index contributed by atoms with van der Waals surface area (Å²) >= 11 is 0. The minimum Gasteiger partial charge on any atom is -0.310 e. The zero-order valence-corrected chi connectivity index (χ0v) is 10.2. The third-order valence-corrected chi connectivity index (χ3v) is 1.93. The Labute approximate surface area is 87.9 Å². The number of nitrogens with zero attached hydrogens (tertiary/aromatic N) is 2. The normalized spacial score (nSPS) is 13.6. The number of hydrogen-bond acceptors (Lipinski definition) is 2. The Hall–Kier alpha value is -0.860. The van der Waals surface area contributed by atoms with Crippen molar-refractivity contribution in [1.29, 1.82) is 0 Å². The molecule has 1 N–H and O–H groups in total. The van der Waals surface area contributed by atoms with Crippen molar-refractivity contribution in [3.8, 4) is 0 Å². The maximum atomic E-state index is 4.39. The number of rotatable bonds is 6. The highest BCUT2D eigenvalue weighted by Gasteiger charge is 2.10. The molecule has 0 spiro atoms. The molecule has 0 aliphatic rings. The van der Waals surface area contributed by atoms with Crippen molar-refractivity contribution in [2.24, 2.45) is 11.0 Å². The Bertz CT molecular complexity index is 203. The molecule has 0 saturated heterocycles. The van der Waals surface area contributed by atoms with Gasteiger partial charge in [0.2, 0.25) is 0 Å². The van der Waals surface area contributed by atoms with Gasteiger partial charge in [0.15, 0.2) is 0 Å². The smallest absolute Gasteiger partial charge is 0.147 e. The van der Waals surface area contributed by atoms with Gasteiger partial charge in [-0.1, -0.05) is 13.3 Å². The fraction of sp³-hybridized carbons (Fsp3) is 0.818. The second-order valence-corrected chi connectivity index (χ2v) is 3.77. The summed E-state index contributed by atoms with van der Waals surface area (Å²) in [7, 11) is 4.10. The van der Waals surface area contributed by atoms with Crippen molar-refractivity contribution >= 4 is 11.9 Å².